The largest absolute Gasteiger partial charge is 0.472 e. The number of ether oxygens (including phenoxy) is 4. The van der Waals surface area contributed by atoms with Gasteiger partial charge in [-0.05, 0) is 37.5 Å². The van der Waals surface area contributed by atoms with Crippen molar-refractivity contribution in [3.05, 3.63) is 0 Å². The molecule has 0 aromatic rings. The van der Waals surface area contributed by atoms with Crippen LogP contribution in [0.5, 0.6) is 0 Å². The standard InChI is InChI=1S/C88H172O17P2/c1-7-10-12-14-16-18-20-22-24-26-27-28-29-30-31-33-39-43-47-55-61-67-73-87(92)104-83(76-98-85(90)70-64-58-52-45-41-37-35-34-36-40-44-50-56-62-68-80(4)5)78-102-106(94,95)100-74-82(89)75-101-107(96,97)103-79-84(77-99-86(91)71-65-59-53-49-48-51-57-63-69-81(6)9-3)105-88(93)72-66-60-54-46-42-38-32-25-23-21-19-17-15-13-11-8-2/h80-84,89H,7-79H2,1-6H3,(H,94,95)(H,96,97)/t81?,82-,83-,84-/m1/s1. The van der Waals surface area contributed by atoms with Crippen molar-refractivity contribution in [2.45, 2.75) is 490 Å². The molecule has 0 aromatic heterocycles. The Morgan fingerprint density at radius 1 is 0.271 bits per heavy atom. The van der Waals surface area contributed by atoms with Crippen LogP contribution in [0.4, 0.5) is 0 Å². The summed E-state index contributed by atoms with van der Waals surface area (Å²) >= 11 is 0. The van der Waals surface area contributed by atoms with E-state index >= 15 is 0 Å². The van der Waals surface area contributed by atoms with Gasteiger partial charge in [0.15, 0.2) is 12.2 Å². The maximum Gasteiger partial charge on any atom is 0.472 e. The van der Waals surface area contributed by atoms with Gasteiger partial charge >= 0.3 is 39.5 Å². The second-order valence-corrected chi connectivity index (χ2v) is 35.3. The number of carbonyl (C=O) groups is 4. The van der Waals surface area contributed by atoms with E-state index in [0.29, 0.717) is 25.7 Å². The van der Waals surface area contributed by atoms with Gasteiger partial charge in [0, 0.05) is 25.7 Å². The summed E-state index contributed by atoms with van der Waals surface area (Å²) in [6.45, 7) is 9.71. The molecule has 6 atom stereocenters. The van der Waals surface area contributed by atoms with E-state index in [0.717, 1.165) is 102 Å². The molecule has 0 spiro atoms. The molecule has 3 N–H and O–H groups in total. The zero-order chi connectivity index (χ0) is 78.5. The smallest absolute Gasteiger partial charge is 0.462 e. The van der Waals surface area contributed by atoms with Crippen LogP contribution in [0.15, 0.2) is 0 Å². The number of hydrogen-bond donors (Lipinski definition) is 3. The summed E-state index contributed by atoms with van der Waals surface area (Å²) in [5.74, 6) is -0.523. The minimum Gasteiger partial charge on any atom is -0.462 e. The van der Waals surface area contributed by atoms with Crippen molar-refractivity contribution in [2.75, 3.05) is 39.6 Å². The second-order valence-electron chi connectivity index (χ2n) is 32.4. The van der Waals surface area contributed by atoms with E-state index in [1.54, 1.807) is 0 Å². The molecular weight excluding hydrogens is 1390 g/mol. The molecule has 0 radical (unpaired) electrons. The SMILES string of the molecule is CCCCCCCCCCCCCCCCCCCCCCCCC(=O)O[C@H](COC(=O)CCCCCCCCCCCCCCCCC(C)C)COP(=O)(O)OC[C@@H](O)COP(=O)(O)OC[C@@H](COC(=O)CCCCCCCCCCC(C)CC)OC(=O)CCCCCCCCCCCCCCCCCC. The Hall–Kier alpha value is -1.94. The number of rotatable bonds is 87. The molecule has 107 heavy (non-hydrogen) atoms. The fourth-order valence-electron chi connectivity index (χ4n) is 13.7. The Morgan fingerprint density at radius 3 is 0.710 bits per heavy atom. The quantitative estimate of drug-likeness (QED) is 0.0222. The van der Waals surface area contributed by atoms with E-state index in [9.17, 15) is 43.2 Å². The summed E-state index contributed by atoms with van der Waals surface area (Å²) in [4.78, 5) is 73.3. The number of phosphoric ester groups is 2. The van der Waals surface area contributed by atoms with E-state index < -0.39 is 97.5 Å². The molecule has 0 aromatic carbocycles. The number of esters is 4. The number of unbranched alkanes of at least 4 members (excludes halogenated alkanes) is 56. The summed E-state index contributed by atoms with van der Waals surface area (Å²) in [6.07, 6.45) is 72.2. The first kappa shape index (κ1) is 105. The molecule has 0 bridgehead atoms. The zero-order valence-electron chi connectivity index (χ0n) is 70.5. The molecule has 0 aliphatic heterocycles. The van der Waals surface area contributed by atoms with Crippen molar-refractivity contribution in [3.8, 4) is 0 Å². The van der Waals surface area contributed by atoms with Crippen molar-refractivity contribution in [1.29, 1.82) is 0 Å². The third kappa shape index (κ3) is 80.5. The highest BCUT2D eigenvalue weighted by atomic mass is 31.2. The number of aliphatic hydroxyl groups excluding tert-OH is 1. The van der Waals surface area contributed by atoms with Gasteiger partial charge in [-0.2, -0.15) is 0 Å². The van der Waals surface area contributed by atoms with E-state index in [2.05, 4.69) is 41.5 Å². The molecule has 0 aliphatic carbocycles. The first-order chi connectivity index (χ1) is 51.9. The molecule has 19 heteroatoms. The molecule has 636 valence electrons. The Balaban J connectivity index is 5.25. The van der Waals surface area contributed by atoms with Gasteiger partial charge in [-0.1, -0.05) is 420 Å². The van der Waals surface area contributed by atoms with Crippen LogP contribution < -0.4 is 0 Å². The van der Waals surface area contributed by atoms with Gasteiger partial charge < -0.3 is 33.8 Å². The molecule has 0 rings (SSSR count). The number of aliphatic hydroxyl groups is 1. The van der Waals surface area contributed by atoms with Crippen LogP contribution in [0, 0.1) is 11.8 Å². The molecular formula is C88H172O17P2. The second kappa shape index (κ2) is 79.3. The van der Waals surface area contributed by atoms with E-state index in [1.165, 1.54) is 289 Å². The third-order valence-electron chi connectivity index (χ3n) is 21.1. The van der Waals surface area contributed by atoms with E-state index in [1.807, 2.05) is 0 Å². The lowest BCUT2D eigenvalue weighted by atomic mass is 9.99. The average molecular weight is 1560 g/mol. The van der Waals surface area contributed by atoms with Crippen LogP contribution in [0.1, 0.15) is 472 Å². The summed E-state index contributed by atoms with van der Waals surface area (Å²) in [7, 11) is -9.93. The number of hydrogen-bond acceptors (Lipinski definition) is 15. The maximum atomic E-state index is 13.2. The van der Waals surface area contributed by atoms with Gasteiger partial charge in [0.2, 0.25) is 0 Å². The Labute approximate surface area is 658 Å². The lowest BCUT2D eigenvalue weighted by molar-refractivity contribution is -0.161. The highest BCUT2D eigenvalue weighted by molar-refractivity contribution is 7.47. The van der Waals surface area contributed by atoms with Crippen molar-refractivity contribution in [1.82, 2.24) is 0 Å². The average Bonchev–Trinajstić information content (AvgIpc) is 0.904. The lowest BCUT2D eigenvalue weighted by Crippen LogP contribution is -2.30. The number of carbonyl (C=O) groups excluding carboxylic acids is 4. The monoisotopic (exact) mass is 1560 g/mol. The summed E-state index contributed by atoms with van der Waals surface area (Å²) in [5.41, 5.74) is 0. The van der Waals surface area contributed by atoms with Gasteiger partial charge in [-0.25, -0.2) is 9.13 Å². The van der Waals surface area contributed by atoms with Gasteiger partial charge in [0.05, 0.1) is 26.4 Å². The van der Waals surface area contributed by atoms with Crippen LogP contribution >= 0.6 is 15.6 Å². The van der Waals surface area contributed by atoms with Crippen LogP contribution in [0.25, 0.3) is 0 Å². The van der Waals surface area contributed by atoms with Gasteiger partial charge in [0.1, 0.15) is 19.3 Å². The molecule has 0 fully saturated rings. The predicted molar refractivity (Wildman–Crippen MR) is 442 cm³/mol. The lowest BCUT2D eigenvalue weighted by Gasteiger charge is -2.21. The molecule has 0 aliphatic rings. The number of phosphoric acid groups is 2. The van der Waals surface area contributed by atoms with Crippen LogP contribution in [-0.4, -0.2) is 96.7 Å². The van der Waals surface area contributed by atoms with E-state index in [-0.39, 0.29) is 25.7 Å². The fraction of sp³-hybridized carbons (Fsp3) is 0.955. The normalized spacial score (nSPS) is 14.0. The summed E-state index contributed by atoms with van der Waals surface area (Å²) < 4.78 is 69.0. The van der Waals surface area contributed by atoms with Crippen molar-refractivity contribution in [3.63, 3.8) is 0 Å². The minimum absolute atomic E-state index is 0.108. The van der Waals surface area contributed by atoms with Gasteiger partial charge in [-0.15, -0.1) is 0 Å². The Morgan fingerprint density at radius 2 is 0.477 bits per heavy atom. The van der Waals surface area contributed by atoms with Crippen LogP contribution in [0.2, 0.25) is 0 Å². The highest BCUT2D eigenvalue weighted by Gasteiger charge is 2.31. The van der Waals surface area contributed by atoms with Crippen molar-refractivity contribution >= 4 is 39.5 Å². The minimum atomic E-state index is -4.97. The predicted octanol–water partition coefficient (Wildman–Crippen LogP) is 27.0. The summed E-state index contributed by atoms with van der Waals surface area (Å²) in [5, 5.41) is 10.7. The Bertz CT molecular complexity index is 2050. The molecule has 0 heterocycles. The van der Waals surface area contributed by atoms with Crippen molar-refractivity contribution < 1.29 is 80.2 Å². The topological polar surface area (TPSA) is 237 Å². The highest BCUT2D eigenvalue weighted by Crippen LogP contribution is 2.45. The molecule has 3 unspecified atom stereocenters. The third-order valence-corrected chi connectivity index (χ3v) is 23.0. The van der Waals surface area contributed by atoms with Crippen LogP contribution in [0.3, 0.4) is 0 Å². The zero-order valence-corrected chi connectivity index (χ0v) is 72.2. The van der Waals surface area contributed by atoms with Crippen LogP contribution in [-0.2, 0) is 65.4 Å². The first-order valence-corrected chi connectivity index (χ1v) is 48.5. The van der Waals surface area contributed by atoms with E-state index in [4.69, 9.17) is 37.0 Å². The fourth-order valence-corrected chi connectivity index (χ4v) is 15.3. The molecule has 0 saturated carbocycles. The molecule has 0 saturated heterocycles. The Kier molecular flexibility index (Phi) is 77.9. The van der Waals surface area contributed by atoms with Crippen molar-refractivity contribution in [2.24, 2.45) is 11.8 Å². The van der Waals surface area contributed by atoms with Gasteiger partial charge in [-0.3, -0.25) is 37.3 Å². The molecule has 0 amide bonds. The molecule has 17 nitrogen and oxygen atoms in total. The first-order valence-electron chi connectivity index (χ1n) is 45.5. The summed E-state index contributed by atoms with van der Waals surface area (Å²) in [6, 6.07) is 0. The van der Waals surface area contributed by atoms with Gasteiger partial charge in [0.25, 0.3) is 0 Å². The maximum absolute atomic E-state index is 13.2.